The highest BCUT2D eigenvalue weighted by molar-refractivity contribution is 6.33. The van der Waals surface area contributed by atoms with E-state index in [0.29, 0.717) is 18.0 Å². The van der Waals surface area contributed by atoms with Crippen LogP contribution >= 0.6 is 11.6 Å². The number of halogens is 1. The molecule has 0 bridgehead atoms. The SMILES string of the molecule is CCC(CNc1ccccc1Cl)C(=O)O. The predicted molar refractivity (Wildman–Crippen MR) is 61.4 cm³/mol. The number of carbonyl (C=O) groups is 1. The maximum Gasteiger partial charge on any atom is 0.308 e. The summed E-state index contributed by atoms with van der Waals surface area (Å²) in [5.74, 6) is -1.15. The van der Waals surface area contributed by atoms with Crippen molar-refractivity contribution in [2.45, 2.75) is 13.3 Å². The van der Waals surface area contributed by atoms with Crippen LogP contribution in [0.2, 0.25) is 5.02 Å². The van der Waals surface area contributed by atoms with Crippen molar-refractivity contribution >= 4 is 23.3 Å². The molecule has 1 aromatic carbocycles. The van der Waals surface area contributed by atoms with Crippen LogP contribution in [0.3, 0.4) is 0 Å². The standard InChI is InChI=1S/C11H14ClNO2/c1-2-8(11(14)15)7-13-10-6-4-3-5-9(10)12/h3-6,8,13H,2,7H2,1H3,(H,14,15). The number of nitrogens with one attached hydrogen (secondary N) is 1. The summed E-state index contributed by atoms with van der Waals surface area (Å²) in [5.41, 5.74) is 0.777. The van der Waals surface area contributed by atoms with Gasteiger partial charge in [-0.2, -0.15) is 0 Å². The molecule has 0 amide bonds. The van der Waals surface area contributed by atoms with Gasteiger partial charge in [-0.05, 0) is 18.6 Å². The van der Waals surface area contributed by atoms with Gasteiger partial charge < -0.3 is 10.4 Å². The van der Waals surface area contributed by atoms with E-state index >= 15 is 0 Å². The Morgan fingerprint density at radius 3 is 2.73 bits per heavy atom. The van der Waals surface area contributed by atoms with Crippen LogP contribution < -0.4 is 5.32 Å². The highest BCUT2D eigenvalue weighted by Gasteiger charge is 2.14. The quantitative estimate of drug-likeness (QED) is 0.813. The van der Waals surface area contributed by atoms with E-state index < -0.39 is 5.97 Å². The Balaban J connectivity index is 2.56. The first-order valence-corrected chi connectivity index (χ1v) is 5.24. The number of rotatable bonds is 5. The molecule has 1 unspecified atom stereocenters. The first-order chi connectivity index (χ1) is 7.15. The molecule has 0 heterocycles. The van der Waals surface area contributed by atoms with E-state index in [-0.39, 0.29) is 5.92 Å². The molecule has 0 radical (unpaired) electrons. The van der Waals surface area contributed by atoms with Gasteiger partial charge in [0, 0.05) is 6.54 Å². The van der Waals surface area contributed by atoms with Crippen LogP contribution in [0.15, 0.2) is 24.3 Å². The molecule has 0 spiro atoms. The van der Waals surface area contributed by atoms with E-state index in [2.05, 4.69) is 5.32 Å². The molecule has 0 fully saturated rings. The summed E-state index contributed by atoms with van der Waals surface area (Å²) in [5, 5.41) is 12.5. The van der Waals surface area contributed by atoms with Crippen LogP contribution in [-0.2, 0) is 4.79 Å². The van der Waals surface area contributed by atoms with Gasteiger partial charge in [0.2, 0.25) is 0 Å². The second kappa shape index (κ2) is 5.61. The van der Waals surface area contributed by atoms with Crippen molar-refractivity contribution in [1.82, 2.24) is 0 Å². The van der Waals surface area contributed by atoms with Crippen LogP contribution in [0.1, 0.15) is 13.3 Å². The normalized spacial score (nSPS) is 12.1. The van der Waals surface area contributed by atoms with Crippen molar-refractivity contribution in [1.29, 1.82) is 0 Å². The summed E-state index contributed by atoms with van der Waals surface area (Å²) in [6.07, 6.45) is 0.604. The molecule has 0 saturated heterocycles. The highest BCUT2D eigenvalue weighted by atomic mass is 35.5. The van der Waals surface area contributed by atoms with Gasteiger partial charge in [-0.15, -0.1) is 0 Å². The molecule has 2 N–H and O–H groups in total. The zero-order chi connectivity index (χ0) is 11.3. The number of carboxylic acid groups (broad SMARTS) is 1. The summed E-state index contributed by atoms with van der Waals surface area (Å²) in [6, 6.07) is 7.29. The number of aliphatic carboxylic acids is 1. The number of carboxylic acids is 1. The lowest BCUT2D eigenvalue weighted by atomic mass is 10.1. The number of benzene rings is 1. The molecule has 3 nitrogen and oxygen atoms in total. The maximum atomic E-state index is 10.8. The molecule has 0 saturated carbocycles. The molecule has 82 valence electrons. The molecule has 0 aliphatic heterocycles. The second-order valence-electron chi connectivity index (χ2n) is 3.30. The van der Waals surface area contributed by atoms with Crippen molar-refractivity contribution in [3.05, 3.63) is 29.3 Å². The van der Waals surface area contributed by atoms with Gasteiger partial charge in [0.1, 0.15) is 0 Å². The van der Waals surface area contributed by atoms with Crippen LogP contribution in [0.25, 0.3) is 0 Å². The van der Waals surface area contributed by atoms with Crippen molar-refractivity contribution in [3.63, 3.8) is 0 Å². The molecule has 1 aromatic rings. The zero-order valence-electron chi connectivity index (χ0n) is 8.53. The molecule has 15 heavy (non-hydrogen) atoms. The molecule has 4 heteroatoms. The number of hydrogen-bond donors (Lipinski definition) is 2. The lowest BCUT2D eigenvalue weighted by molar-refractivity contribution is -0.141. The summed E-state index contributed by atoms with van der Waals surface area (Å²) >= 11 is 5.92. The third-order valence-electron chi connectivity index (χ3n) is 2.25. The second-order valence-corrected chi connectivity index (χ2v) is 3.71. The maximum absolute atomic E-state index is 10.8. The van der Waals surface area contributed by atoms with Gasteiger partial charge >= 0.3 is 5.97 Å². The average molecular weight is 228 g/mol. The fraction of sp³-hybridized carbons (Fsp3) is 0.364. The molecular weight excluding hydrogens is 214 g/mol. The molecule has 0 aliphatic carbocycles. The Morgan fingerprint density at radius 1 is 1.53 bits per heavy atom. The Hall–Kier alpha value is -1.22. The fourth-order valence-electron chi connectivity index (χ4n) is 1.24. The Labute approximate surface area is 94.1 Å². The lowest BCUT2D eigenvalue weighted by Crippen LogP contribution is -2.22. The molecule has 1 rings (SSSR count). The first kappa shape index (κ1) is 11.9. The van der Waals surface area contributed by atoms with Crippen molar-refractivity contribution < 1.29 is 9.90 Å². The smallest absolute Gasteiger partial charge is 0.308 e. The fourth-order valence-corrected chi connectivity index (χ4v) is 1.45. The van der Waals surface area contributed by atoms with Gasteiger partial charge in [-0.1, -0.05) is 30.7 Å². The van der Waals surface area contributed by atoms with Crippen molar-refractivity contribution in [2.24, 2.45) is 5.92 Å². The molecular formula is C11H14ClNO2. The summed E-state index contributed by atoms with van der Waals surface area (Å²) in [6.45, 7) is 2.25. The van der Waals surface area contributed by atoms with Crippen LogP contribution in [0.5, 0.6) is 0 Å². The Morgan fingerprint density at radius 2 is 2.20 bits per heavy atom. The third-order valence-corrected chi connectivity index (χ3v) is 2.58. The van der Waals surface area contributed by atoms with E-state index in [1.165, 1.54) is 0 Å². The molecule has 0 aromatic heterocycles. The Kier molecular flexibility index (Phi) is 4.43. The number of anilines is 1. The van der Waals surface area contributed by atoms with E-state index in [0.717, 1.165) is 5.69 Å². The van der Waals surface area contributed by atoms with Gasteiger partial charge in [0.25, 0.3) is 0 Å². The van der Waals surface area contributed by atoms with E-state index in [1.807, 2.05) is 25.1 Å². The largest absolute Gasteiger partial charge is 0.481 e. The monoisotopic (exact) mass is 227 g/mol. The van der Waals surface area contributed by atoms with Crippen LogP contribution in [0, 0.1) is 5.92 Å². The van der Waals surface area contributed by atoms with Gasteiger partial charge in [0.15, 0.2) is 0 Å². The van der Waals surface area contributed by atoms with Gasteiger partial charge in [-0.3, -0.25) is 4.79 Å². The minimum absolute atomic E-state index is 0.374. The molecule has 0 aliphatic rings. The van der Waals surface area contributed by atoms with Crippen LogP contribution in [0.4, 0.5) is 5.69 Å². The number of hydrogen-bond acceptors (Lipinski definition) is 2. The predicted octanol–water partition coefficient (Wildman–Crippen LogP) is 2.86. The van der Waals surface area contributed by atoms with Gasteiger partial charge in [0.05, 0.1) is 16.6 Å². The Bertz CT molecular complexity index is 341. The minimum atomic E-state index is -0.781. The topological polar surface area (TPSA) is 49.3 Å². The first-order valence-electron chi connectivity index (χ1n) is 4.86. The van der Waals surface area contributed by atoms with E-state index in [4.69, 9.17) is 16.7 Å². The summed E-state index contributed by atoms with van der Waals surface area (Å²) < 4.78 is 0. The number of para-hydroxylation sites is 1. The zero-order valence-corrected chi connectivity index (χ0v) is 9.29. The average Bonchev–Trinajstić information content (AvgIpc) is 2.21. The third kappa shape index (κ3) is 3.44. The highest BCUT2D eigenvalue weighted by Crippen LogP contribution is 2.20. The van der Waals surface area contributed by atoms with Gasteiger partial charge in [-0.25, -0.2) is 0 Å². The minimum Gasteiger partial charge on any atom is -0.481 e. The summed E-state index contributed by atoms with van der Waals surface area (Å²) in [4.78, 5) is 10.8. The molecule has 1 atom stereocenters. The van der Waals surface area contributed by atoms with Crippen molar-refractivity contribution in [3.8, 4) is 0 Å². The summed E-state index contributed by atoms with van der Waals surface area (Å²) in [7, 11) is 0. The van der Waals surface area contributed by atoms with Crippen LogP contribution in [-0.4, -0.2) is 17.6 Å². The van der Waals surface area contributed by atoms with Crippen molar-refractivity contribution in [2.75, 3.05) is 11.9 Å². The lowest BCUT2D eigenvalue weighted by Gasteiger charge is -2.12. The van der Waals surface area contributed by atoms with E-state index in [9.17, 15) is 4.79 Å². The van der Waals surface area contributed by atoms with E-state index in [1.54, 1.807) is 6.07 Å².